The van der Waals surface area contributed by atoms with Crippen LogP contribution >= 0.6 is 11.6 Å². The van der Waals surface area contributed by atoms with E-state index in [1.165, 1.54) is 46.1 Å². The molecule has 50 heavy (non-hydrogen) atoms. The Bertz CT molecular complexity index is 1980. The van der Waals surface area contributed by atoms with E-state index in [1.807, 2.05) is 44.2 Å². The number of halogens is 3. The van der Waals surface area contributed by atoms with Crippen LogP contribution in [-0.2, 0) is 21.8 Å². The van der Waals surface area contributed by atoms with Crippen LogP contribution in [0.15, 0.2) is 84.2 Å². The summed E-state index contributed by atoms with van der Waals surface area (Å²) in [7, 11) is 0. The van der Waals surface area contributed by atoms with E-state index in [-0.39, 0.29) is 42.3 Å². The molecule has 0 N–H and O–H groups in total. The first kappa shape index (κ1) is 33.7. The fourth-order valence-electron chi connectivity index (χ4n) is 6.27. The van der Waals surface area contributed by atoms with Gasteiger partial charge in [0, 0.05) is 49.2 Å². The maximum absolute atomic E-state index is 15.3. The summed E-state index contributed by atoms with van der Waals surface area (Å²) in [4.78, 5) is 18.6. The van der Waals surface area contributed by atoms with Crippen molar-refractivity contribution in [2.75, 3.05) is 49.2 Å². The molecule has 3 atom stereocenters. The van der Waals surface area contributed by atoms with E-state index >= 15 is 4.39 Å². The van der Waals surface area contributed by atoms with E-state index in [9.17, 15) is 9.18 Å². The maximum Gasteiger partial charge on any atom is 0.350 e. The van der Waals surface area contributed by atoms with Crippen LogP contribution in [0.4, 0.5) is 20.2 Å². The smallest absolute Gasteiger partial charge is 0.350 e. The van der Waals surface area contributed by atoms with Crippen molar-refractivity contribution in [2.45, 2.75) is 44.7 Å². The van der Waals surface area contributed by atoms with Crippen LogP contribution in [0.1, 0.15) is 31.9 Å². The molecule has 2 aliphatic heterocycles. The Kier molecular flexibility index (Phi) is 9.58. The highest BCUT2D eigenvalue weighted by Crippen LogP contribution is 2.40. The average Bonchev–Trinajstić information content (AvgIpc) is 3.89. The molecule has 0 spiro atoms. The highest BCUT2D eigenvalue weighted by Gasteiger charge is 2.46. The van der Waals surface area contributed by atoms with Gasteiger partial charge in [0.25, 0.3) is 0 Å². The van der Waals surface area contributed by atoms with Crippen LogP contribution in [0.2, 0.25) is 5.02 Å². The molecule has 2 aromatic heterocycles. The first-order valence-corrected chi connectivity index (χ1v) is 16.9. The predicted octanol–water partition coefficient (Wildman–Crippen LogP) is 5.20. The van der Waals surface area contributed by atoms with Crippen molar-refractivity contribution in [3.63, 3.8) is 0 Å². The van der Waals surface area contributed by atoms with Crippen molar-refractivity contribution in [1.29, 1.82) is 0 Å². The number of nitrogens with zero attached hydrogens (tertiary/aromatic N) is 8. The van der Waals surface area contributed by atoms with Gasteiger partial charge in [0.1, 0.15) is 31.4 Å². The molecule has 15 heteroatoms. The molecular formula is C35H37ClF2N8O4. The lowest BCUT2D eigenvalue weighted by molar-refractivity contribution is -0.192. The second-order valence-corrected chi connectivity index (χ2v) is 12.8. The zero-order valence-corrected chi connectivity index (χ0v) is 28.4. The van der Waals surface area contributed by atoms with Crippen molar-refractivity contribution >= 4 is 23.0 Å². The molecule has 0 saturated carbocycles. The summed E-state index contributed by atoms with van der Waals surface area (Å²) >= 11 is 6.39. The van der Waals surface area contributed by atoms with Gasteiger partial charge in [-0.15, -0.1) is 0 Å². The summed E-state index contributed by atoms with van der Waals surface area (Å²) in [6, 6.07) is 16.8. The predicted molar refractivity (Wildman–Crippen MR) is 183 cm³/mol. The number of aromatic nitrogens is 6. The van der Waals surface area contributed by atoms with Gasteiger partial charge in [-0.1, -0.05) is 18.5 Å². The minimum atomic E-state index is -1.39. The Morgan fingerprint density at radius 3 is 2.30 bits per heavy atom. The Morgan fingerprint density at radius 2 is 1.62 bits per heavy atom. The number of hydrogen-bond acceptors (Lipinski definition) is 9. The highest BCUT2D eigenvalue weighted by atomic mass is 35.5. The van der Waals surface area contributed by atoms with Crippen LogP contribution in [-0.4, -0.2) is 74.8 Å². The zero-order chi connectivity index (χ0) is 34.8. The molecule has 2 fully saturated rings. The molecule has 2 aliphatic rings. The average molecular weight is 707 g/mol. The third-order valence-electron chi connectivity index (χ3n) is 9.20. The molecule has 0 radical (unpaired) electrons. The van der Waals surface area contributed by atoms with E-state index in [0.717, 1.165) is 36.6 Å². The summed E-state index contributed by atoms with van der Waals surface area (Å²) in [5.41, 5.74) is 2.85. The van der Waals surface area contributed by atoms with Gasteiger partial charge in [-0.05, 0) is 67.9 Å². The van der Waals surface area contributed by atoms with E-state index in [0.29, 0.717) is 18.7 Å². The van der Waals surface area contributed by atoms with Crippen molar-refractivity contribution in [2.24, 2.45) is 0 Å². The van der Waals surface area contributed by atoms with Crippen LogP contribution in [0.3, 0.4) is 0 Å². The number of hydrogen-bond donors (Lipinski definition) is 0. The lowest BCUT2D eigenvalue weighted by Gasteiger charge is -2.37. The minimum Gasteiger partial charge on any atom is -0.488 e. The molecule has 12 nitrogen and oxygen atoms in total. The molecule has 2 saturated heterocycles. The number of rotatable bonds is 11. The van der Waals surface area contributed by atoms with Crippen molar-refractivity contribution in [3.8, 4) is 11.4 Å². The minimum absolute atomic E-state index is 0.00959. The Hall–Kier alpha value is -4.79. The van der Waals surface area contributed by atoms with Gasteiger partial charge < -0.3 is 24.0 Å². The third-order valence-corrected chi connectivity index (χ3v) is 9.51. The van der Waals surface area contributed by atoms with E-state index in [4.69, 9.17) is 25.8 Å². The van der Waals surface area contributed by atoms with Crippen molar-refractivity contribution in [3.05, 3.63) is 112 Å². The fourth-order valence-corrected chi connectivity index (χ4v) is 6.58. The van der Waals surface area contributed by atoms with Crippen LogP contribution < -0.4 is 20.2 Å². The number of piperazine rings is 1. The highest BCUT2D eigenvalue weighted by molar-refractivity contribution is 6.31. The van der Waals surface area contributed by atoms with E-state index < -0.39 is 23.5 Å². The Labute approximate surface area is 292 Å². The largest absolute Gasteiger partial charge is 0.488 e. The molecule has 5 aromatic rings. The third kappa shape index (κ3) is 6.82. The maximum atomic E-state index is 15.3. The lowest BCUT2D eigenvalue weighted by atomic mass is 10.1. The van der Waals surface area contributed by atoms with Gasteiger partial charge in [-0.2, -0.15) is 20.1 Å². The SMILES string of the molecule is CCC(C)n1ncn(-c2ccc(N3CCN(c4ccc(OCC5COC(Cn6nccn6)(c6ccc(F)cc6Cl)O5)c(F)c4)CC3)cc2)c1=O. The first-order valence-electron chi connectivity index (χ1n) is 16.5. The molecular weight excluding hydrogens is 670 g/mol. The number of anilines is 2. The quantitative estimate of drug-likeness (QED) is 0.183. The summed E-state index contributed by atoms with van der Waals surface area (Å²) in [5, 5.41) is 12.7. The standard InChI is InChI=1S/C35H37ClF2N8O4/c1-3-24(2)46-34(47)44(23-41-46)27-7-5-26(6-8-27)42-14-16-43(17-15-42)28-9-11-33(32(38)19-28)48-20-29-21-49-35(50-29,22-45-39-12-13-40-45)30-10-4-25(37)18-31(30)36/h4-13,18-19,23-24,29H,3,14-17,20-22H2,1-2H3. The van der Waals surface area contributed by atoms with Gasteiger partial charge >= 0.3 is 5.69 Å². The van der Waals surface area contributed by atoms with Gasteiger partial charge in [-0.3, -0.25) is 0 Å². The monoisotopic (exact) mass is 706 g/mol. The fraction of sp³-hybridized carbons (Fsp3) is 0.371. The zero-order valence-electron chi connectivity index (χ0n) is 27.7. The van der Waals surface area contributed by atoms with Gasteiger partial charge in [0.15, 0.2) is 11.6 Å². The van der Waals surface area contributed by atoms with Gasteiger partial charge in [0.05, 0.1) is 35.8 Å². The topological polar surface area (TPSA) is 105 Å². The number of ether oxygens (including phenoxy) is 3. The molecule has 0 bridgehead atoms. The molecule has 262 valence electrons. The molecule has 0 aliphatic carbocycles. The van der Waals surface area contributed by atoms with Crippen LogP contribution in [0.25, 0.3) is 5.69 Å². The second-order valence-electron chi connectivity index (χ2n) is 12.4. The lowest BCUT2D eigenvalue weighted by Crippen LogP contribution is -2.46. The van der Waals surface area contributed by atoms with Gasteiger partial charge in [-0.25, -0.2) is 22.8 Å². The number of benzene rings is 3. The first-order chi connectivity index (χ1) is 24.2. The van der Waals surface area contributed by atoms with Crippen molar-refractivity contribution in [1.82, 2.24) is 29.3 Å². The molecule has 4 heterocycles. The molecule has 3 aromatic carbocycles. The molecule has 7 rings (SSSR count). The summed E-state index contributed by atoms with van der Waals surface area (Å²) in [6.45, 7) is 7.11. The van der Waals surface area contributed by atoms with Crippen LogP contribution in [0, 0.1) is 11.6 Å². The summed E-state index contributed by atoms with van der Waals surface area (Å²) < 4.78 is 50.5. The van der Waals surface area contributed by atoms with Gasteiger partial charge in [0.2, 0.25) is 5.79 Å². The summed E-state index contributed by atoms with van der Waals surface area (Å²) in [6.07, 6.45) is 4.86. The summed E-state index contributed by atoms with van der Waals surface area (Å²) in [5.74, 6) is -2.27. The molecule has 0 amide bonds. The van der Waals surface area contributed by atoms with E-state index in [2.05, 4.69) is 25.1 Å². The Balaban J connectivity index is 0.947. The van der Waals surface area contributed by atoms with Crippen LogP contribution in [0.5, 0.6) is 5.75 Å². The van der Waals surface area contributed by atoms with Crippen molar-refractivity contribution < 1.29 is 23.0 Å². The normalized spacial score (nSPS) is 20.0. The van der Waals surface area contributed by atoms with E-state index in [1.54, 1.807) is 17.0 Å². The Morgan fingerprint density at radius 1 is 0.940 bits per heavy atom. The molecule has 3 unspecified atom stereocenters. The second kappa shape index (κ2) is 14.2.